The molecule has 101 heavy (non-hydrogen) atoms. The van der Waals surface area contributed by atoms with Gasteiger partial charge in [0.05, 0.1) is 45.6 Å². The van der Waals surface area contributed by atoms with E-state index < -0.39 is 11.9 Å². The van der Waals surface area contributed by atoms with E-state index >= 15 is 0 Å². The molecule has 530 valence electrons. The first-order valence-electron chi connectivity index (χ1n) is 35.6. The number of aliphatic carboxylic acids is 2. The van der Waals surface area contributed by atoms with Crippen molar-refractivity contribution in [1.82, 2.24) is 60.3 Å². The molecule has 0 unspecified atom stereocenters. The zero-order valence-electron chi connectivity index (χ0n) is 61.4. The number of aromatic amines is 4. The number of fused-ring (bicyclic) bond motifs is 16. The average Bonchev–Trinajstić information content (AvgIpc) is 1.63. The highest BCUT2D eigenvalue weighted by atomic mass is 16.4. The zero-order valence-corrected chi connectivity index (χ0v) is 61.4. The van der Waals surface area contributed by atoms with Crippen LogP contribution in [0.15, 0.2) is 74.8 Å². The number of nitrogens with one attached hydrogen (secondary N) is 6. The van der Waals surface area contributed by atoms with E-state index in [1.165, 1.54) is 0 Å². The van der Waals surface area contributed by atoms with E-state index in [1.807, 2.05) is 75.4 Å². The molecule has 0 saturated carbocycles. The van der Waals surface area contributed by atoms with Crippen molar-refractivity contribution in [2.45, 2.75) is 153 Å². The van der Waals surface area contributed by atoms with Gasteiger partial charge in [0.2, 0.25) is 11.8 Å². The lowest BCUT2D eigenvalue weighted by Gasteiger charge is -2.17. The Morgan fingerprint density at radius 1 is 0.396 bits per heavy atom. The van der Waals surface area contributed by atoms with Crippen LogP contribution in [0.1, 0.15) is 215 Å². The number of carbonyl (C=O) groups is 4. The molecule has 16 bridgehead atoms. The molecule has 6 aromatic heterocycles. The molecule has 0 fully saturated rings. The number of allylic oxidation sites excluding steroid dienone is 8. The van der Waals surface area contributed by atoms with Crippen LogP contribution < -0.4 is 10.6 Å². The van der Waals surface area contributed by atoms with Gasteiger partial charge >= 0.3 is 11.9 Å². The highest BCUT2D eigenvalue weighted by molar-refractivity contribution is 6.00. The SMILES string of the molecule is C=Cc1c(C)c2cc3[nH]c(cc4nc(cc5nc(cc1[nH]2)C(C)=C5CCC(=O)NCCCCCN(CC)CC)C(CCC(=O)O)=C4C)c(C)c3C=C.C=Cc1c(C)c2cc3[nH]c(cc4nc(cc5nc(cc1[nH]2)C(C)=C5CCC(=O)NCCCCN(C)C)C(CCC(=O)O)=C4C)c(C)c3C=C. The van der Waals surface area contributed by atoms with Crippen LogP contribution in [0.25, 0.3) is 113 Å². The standard InChI is InChI=1S/C43H54N6O3.C40H48N6O3/c1-9-30-26(5)34-22-35-29(8)33(17-19-43(51)52)41(47-35)25-40-32(16-18-42(50)44-20-14-13-15-21-49(11-3)12-4)28(7)37(48-40)24-39-31(10-2)27(6)36(46-39)23-38(30)45-34;1-9-27-23(3)31-19-32-26(6)30(14-16-40(48)49)38(44-32)22-37-29(13-15-39(47)41-17-11-12-18-46(7)8)25(5)34(45-37)21-36-28(10-2)24(4)33(43-36)20-35(27)42-31/h9-10,22-25,45-46H,1-2,11-21H2,3-8H3,(H,44,50)(H,51,52);9-10,19-22,42-43H,1-2,11-18H2,3-8H3,(H,41,47)(H,48,49). The zero-order chi connectivity index (χ0) is 72.9. The molecule has 0 atom stereocenters. The summed E-state index contributed by atoms with van der Waals surface area (Å²) in [7, 11) is 4.10. The molecular formula is C83H102N12O6. The number of carboxylic acids is 2. The van der Waals surface area contributed by atoms with Gasteiger partial charge in [0.1, 0.15) is 0 Å². The van der Waals surface area contributed by atoms with E-state index in [1.54, 1.807) is 0 Å². The fourth-order valence-corrected chi connectivity index (χ4v) is 13.9. The summed E-state index contributed by atoms with van der Waals surface area (Å²) in [5, 5.41) is 25.4. The smallest absolute Gasteiger partial charge is 0.303 e. The second-order valence-electron chi connectivity index (χ2n) is 27.0. The number of aryl methyl sites for hydroxylation is 4. The van der Waals surface area contributed by atoms with E-state index in [0.29, 0.717) is 63.0 Å². The van der Waals surface area contributed by atoms with E-state index in [0.717, 1.165) is 226 Å². The first kappa shape index (κ1) is 75.2. The maximum absolute atomic E-state index is 13.1. The topological polar surface area (TPSA) is 254 Å². The summed E-state index contributed by atoms with van der Waals surface area (Å²) in [6.07, 6.45) is 14.9. The van der Waals surface area contributed by atoms with Crippen LogP contribution in [-0.2, 0) is 19.2 Å². The van der Waals surface area contributed by atoms with Crippen molar-refractivity contribution < 1.29 is 29.4 Å². The van der Waals surface area contributed by atoms with Crippen LogP contribution in [0, 0.1) is 27.7 Å². The van der Waals surface area contributed by atoms with Crippen LogP contribution >= 0.6 is 0 Å². The van der Waals surface area contributed by atoms with Crippen LogP contribution in [0.5, 0.6) is 0 Å². The molecule has 2 amide bonds. The fraction of sp³-hybridized carbons (Fsp3) is 0.373. The van der Waals surface area contributed by atoms with Gasteiger partial charge in [0, 0.05) is 105 Å². The minimum absolute atomic E-state index is 0.00940. The van der Waals surface area contributed by atoms with Crippen LogP contribution in [0.2, 0.25) is 0 Å². The van der Waals surface area contributed by atoms with E-state index in [4.69, 9.17) is 19.9 Å². The first-order valence-corrected chi connectivity index (χ1v) is 35.6. The van der Waals surface area contributed by atoms with E-state index in [2.05, 4.69) is 147 Å². The Morgan fingerprint density at radius 3 is 0.990 bits per heavy atom. The summed E-state index contributed by atoms with van der Waals surface area (Å²) in [6, 6.07) is 16.3. The Balaban J connectivity index is 0.000000236. The Morgan fingerprint density at radius 2 is 0.683 bits per heavy atom. The van der Waals surface area contributed by atoms with Crippen molar-refractivity contribution in [3.8, 4) is 0 Å². The van der Waals surface area contributed by atoms with Crippen molar-refractivity contribution in [2.75, 3.05) is 53.4 Å². The number of H-pyrrole nitrogens is 4. The number of hydrogen-bond donors (Lipinski definition) is 8. The number of nitrogens with zero attached hydrogens (tertiary/aromatic N) is 6. The summed E-state index contributed by atoms with van der Waals surface area (Å²) in [4.78, 5) is 88.7. The Labute approximate surface area is 594 Å². The second-order valence-corrected chi connectivity index (χ2v) is 27.0. The molecule has 4 aliphatic rings. The molecule has 0 aliphatic carbocycles. The van der Waals surface area contributed by atoms with Crippen molar-refractivity contribution in [3.63, 3.8) is 0 Å². The predicted octanol–water partition coefficient (Wildman–Crippen LogP) is 17.5. The quantitative estimate of drug-likeness (QED) is 0.0204. The highest BCUT2D eigenvalue weighted by Gasteiger charge is 2.26. The summed E-state index contributed by atoms with van der Waals surface area (Å²) in [5.41, 5.74) is 29.1. The van der Waals surface area contributed by atoms with Gasteiger partial charge in [0.15, 0.2) is 0 Å². The molecule has 8 N–H and O–H groups in total. The molecular weight excluding hydrogens is 1260 g/mol. The summed E-state index contributed by atoms with van der Waals surface area (Å²) in [6.45, 7) is 42.7. The number of carboxylic acid groups (broad SMARTS) is 2. The monoisotopic (exact) mass is 1360 g/mol. The third-order valence-electron chi connectivity index (χ3n) is 20.2. The normalized spacial score (nSPS) is 12.9. The molecule has 4 aliphatic heterocycles. The van der Waals surface area contributed by atoms with Gasteiger partial charge < -0.3 is 50.6 Å². The van der Waals surface area contributed by atoms with Gasteiger partial charge in [-0.25, -0.2) is 19.9 Å². The maximum Gasteiger partial charge on any atom is 0.303 e. The number of amides is 2. The fourth-order valence-electron chi connectivity index (χ4n) is 13.9. The van der Waals surface area contributed by atoms with E-state index in [9.17, 15) is 29.4 Å². The molecule has 0 saturated heterocycles. The molecule has 18 heteroatoms. The summed E-state index contributed by atoms with van der Waals surface area (Å²) < 4.78 is 0. The summed E-state index contributed by atoms with van der Waals surface area (Å²) >= 11 is 0. The van der Waals surface area contributed by atoms with E-state index in [-0.39, 0.29) is 24.7 Å². The van der Waals surface area contributed by atoms with Crippen LogP contribution in [0.3, 0.4) is 0 Å². The lowest BCUT2D eigenvalue weighted by atomic mass is 9.98. The molecule has 0 radical (unpaired) electrons. The third-order valence-corrected chi connectivity index (χ3v) is 20.2. The van der Waals surface area contributed by atoms with Gasteiger partial charge in [-0.3, -0.25) is 19.2 Å². The van der Waals surface area contributed by atoms with Gasteiger partial charge in [-0.15, -0.1) is 0 Å². The molecule has 0 aromatic carbocycles. The van der Waals surface area contributed by atoms with Gasteiger partial charge in [-0.2, -0.15) is 0 Å². The van der Waals surface area contributed by atoms with Crippen LogP contribution in [0.4, 0.5) is 0 Å². The number of unbranched alkanes of at least 4 members (excludes halogenated alkanes) is 3. The number of carbonyl (C=O) groups excluding carboxylic acids is 2. The van der Waals surface area contributed by atoms with Crippen molar-refractivity contribution in [2.24, 2.45) is 0 Å². The maximum atomic E-state index is 13.1. The summed E-state index contributed by atoms with van der Waals surface area (Å²) in [5.74, 6) is -1.69. The molecule has 18 nitrogen and oxygen atoms in total. The second kappa shape index (κ2) is 33.9. The highest BCUT2D eigenvalue weighted by Crippen LogP contribution is 2.41. The van der Waals surface area contributed by atoms with Crippen molar-refractivity contribution >= 4 is 137 Å². The largest absolute Gasteiger partial charge is 0.481 e. The Bertz CT molecular complexity index is 4760. The lowest BCUT2D eigenvalue weighted by Crippen LogP contribution is -2.25. The predicted molar refractivity (Wildman–Crippen MR) is 419 cm³/mol. The van der Waals surface area contributed by atoms with Gasteiger partial charge in [-0.1, -0.05) is 70.9 Å². The van der Waals surface area contributed by atoms with Crippen molar-refractivity contribution in [1.29, 1.82) is 0 Å². The number of rotatable bonds is 29. The number of aromatic nitrogens is 8. The Hall–Kier alpha value is -10.0. The Kier molecular flexibility index (Phi) is 25.2. The van der Waals surface area contributed by atoms with Crippen molar-refractivity contribution in [3.05, 3.63) is 165 Å². The first-order chi connectivity index (χ1) is 48.4. The number of hydrogen-bond acceptors (Lipinski definition) is 10. The third kappa shape index (κ3) is 17.6. The van der Waals surface area contributed by atoms with Gasteiger partial charge in [0.25, 0.3) is 0 Å². The molecule has 10 rings (SSSR count). The average molecular weight is 1360 g/mol. The lowest BCUT2D eigenvalue weighted by molar-refractivity contribution is -0.137. The molecule has 10 heterocycles. The minimum Gasteiger partial charge on any atom is -0.481 e. The molecule has 6 aromatic rings. The minimum atomic E-state index is -0.863. The molecule has 0 spiro atoms. The van der Waals surface area contributed by atoms with Crippen LogP contribution in [-0.4, -0.2) is 137 Å². The van der Waals surface area contributed by atoms with Gasteiger partial charge in [-0.05, 0) is 262 Å².